The number of rotatable bonds is 5. The summed E-state index contributed by atoms with van der Waals surface area (Å²) in [6.45, 7) is 1.88. The first-order valence-electron chi connectivity index (χ1n) is 6.49. The van der Waals surface area contributed by atoms with E-state index < -0.39 is 12.0 Å². The standard InChI is InChI=1S/C13H13N3O3S2/c1-2-3-7(12(18)19)14-10(17)9-6-8-11(21-9)15-13-16(8)4-5-20-13/h4-7H,2-3H2,1H3,(H,14,17)(H,18,19)/t7-/m1/s1. The normalized spacial score (nSPS) is 12.8. The largest absolute Gasteiger partial charge is 0.480 e. The Kier molecular flexibility index (Phi) is 3.64. The lowest BCUT2D eigenvalue weighted by Crippen LogP contribution is -2.40. The van der Waals surface area contributed by atoms with Gasteiger partial charge in [-0.05, 0) is 12.5 Å². The summed E-state index contributed by atoms with van der Waals surface area (Å²) in [5.74, 6) is -1.36. The highest BCUT2D eigenvalue weighted by Gasteiger charge is 2.21. The number of imidazole rings is 1. The first-order chi connectivity index (χ1) is 10.1. The van der Waals surface area contributed by atoms with E-state index in [9.17, 15) is 9.59 Å². The quantitative estimate of drug-likeness (QED) is 0.756. The third kappa shape index (κ3) is 2.52. The Morgan fingerprint density at radius 1 is 1.52 bits per heavy atom. The fraction of sp³-hybridized carbons (Fsp3) is 0.308. The second kappa shape index (κ2) is 5.45. The molecule has 0 spiro atoms. The molecule has 3 rings (SSSR count). The molecule has 0 radical (unpaired) electrons. The van der Waals surface area contributed by atoms with E-state index in [0.717, 1.165) is 15.3 Å². The van der Waals surface area contributed by atoms with Gasteiger partial charge in [-0.15, -0.1) is 22.7 Å². The second-order valence-electron chi connectivity index (χ2n) is 4.62. The van der Waals surface area contributed by atoms with Gasteiger partial charge in [0, 0.05) is 11.6 Å². The molecule has 0 saturated carbocycles. The van der Waals surface area contributed by atoms with Gasteiger partial charge in [0.15, 0.2) is 4.96 Å². The lowest BCUT2D eigenvalue weighted by atomic mass is 10.1. The molecule has 0 aliphatic heterocycles. The van der Waals surface area contributed by atoms with Crippen LogP contribution in [-0.4, -0.2) is 32.4 Å². The minimum atomic E-state index is -1.01. The zero-order chi connectivity index (χ0) is 15.0. The number of carbonyl (C=O) groups is 2. The number of carboxylic acid groups (broad SMARTS) is 1. The molecule has 21 heavy (non-hydrogen) atoms. The minimum Gasteiger partial charge on any atom is -0.480 e. The number of nitrogens with zero attached hydrogens (tertiary/aromatic N) is 2. The van der Waals surface area contributed by atoms with Gasteiger partial charge in [-0.25, -0.2) is 9.78 Å². The van der Waals surface area contributed by atoms with Crippen molar-refractivity contribution in [3.63, 3.8) is 0 Å². The maximum Gasteiger partial charge on any atom is 0.326 e. The number of hydrogen-bond acceptors (Lipinski definition) is 5. The summed E-state index contributed by atoms with van der Waals surface area (Å²) >= 11 is 2.81. The molecule has 3 aromatic rings. The van der Waals surface area contributed by atoms with Crippen molar-refractivity contribution in [2.75, 3.05) is 0 Å². The summed E-state index contributed by atoms with van der Waals surface area (Å²) in [4.78, 5) is 29.9. The van der Waals surface area contributed by atoms with Crippen molar-refractivity contribution >= 4 is 49.9 Å². The second-order valence-corrected chi connectivity index (χ2v) is 6.53. The highest BCUT2D eigenvalue weighted by atomic mass is 32.1. The Morgan fingerprint density at radius 2 is 2.33 bits per heavy atom. The molecule has 6 nitrogen and oxygen atoms in total. The summed E-state index contributed by atoms with van der Waals surface area (Å²) in [6, 6.07) is 0.910. The molecular weight excluding hydrogens is 310 g/mol. The summed E-state index contributed by atoms with van der Waals surface area (Å²) in [6.07, 6.45) is 3.02. The van der Waals surface area contributed by atoms with E-state index in [-0.39, 0.29) is 5.91 Å². The first-order valence-corrected chi connectivity index (χ1v) is 8.18. The topological polar surface area (TPSA) is 83.7 Å². The van der Waals surface area contributed by atoms with Crippen molar-refractivity contribution < 1.29 is 14.7 Å². The van der Waals surface area contributed by atoms with Crippen LogP contribution in [0.25, 0.3) is 15.3 Å². The molecule has 0 aliphatic rings. The lowest BCUT2D eigenvalue weighted by Gasteiger charge is -2.12. The smallest absolute Gasteiger partial charge is 0.326 e. The van der Waals surface area contributed by atoms with Crippen molar-refractivity contribution in [3.8, 4) is 0 Å². The number of hydrogen-bond donors (Lipinski definition) is 2. The van der Waals surface area contributed by atoms with Crippen LogP contribution in [0.1, 0.15) is 29.4 Å². The maximum absolute atomic E-state index is 12.2. The summed E-state index contributed by atoms with van der Waals surface area (Å²) < 4.78 is 1.92. The third-order valence-corrected chi connectivity index (χ3v) is 4.92. The third-order valence-electron chi connectivity index (χ3n) is 3.14. The average molecular weight is 323 g/mol. The van der Waals surface area contributed by atoms with Crippen LogP contribution in [0.3, 0.4) is 0 Å². The van der Waals surface area contributed by atoms with Crippen LogP contribution < -0.4 is 5.32 Å². The van der Waals surface area contributed by atoms with E-state index in [0.29, 0.717) is 17.7 Å². The van der Waals surface area contributed by atoms with E-state index in [1.165, 1.54) is 22.7 Å². The summed E-state index contributed by atoms with van der Waals surface area (Å²) in [5, 5.41) is 13.6. The molecular formula is C13H13N3O3S2. The number of thiophene rings is 1. The van der Waals surface area contributed by atoms with Crippen LogP contribution >= 0.6 is 22.7 Å². The van der Waals surface area contributed by atoms with Crippen molar-refractivity contribution in [1.29, 1.82) is 0 Å². The zero-order valence-corrected chi connectivity index (χ0v) is 12.8. The highest BCUT2D eigenvalue weighted by molar-refractivity contribution is 7.21. The molecule has 0 aromatic carbocycles. The van der Waals surface area contributed by atoms with Gasteiger partial charge in [-0.1, -0.05) is 13.3 Å². The van der Waals surface area contributed by atoms with Gasteiger partial charge in [-0.2, -0.15) is 0 Å². The predicted molar refractivity (Wildman–Crippen MR) is 82.3 cm³/mol. The number of carbonyl (C=O) groups excluding carboxylic acids is 1. The fourth-order valence-electron chi connectivity index (χ4n) is 2.13. The van der Waals surface area contributed by atoms with Crippen LogP contribution in [-0.2, 0) is 4.79 Å². The van der Waals surface area contributed by atoms with E-state index in [2.05, 4.69) is 10.3 Å². The van der Waals surface area contributed by atoms with Crippen molar-refractivity contribution in [2.45, 2.75) is 25.8 Å². The summed E-state index contributed by atoms with van der Waals surface area (Å²) in [7, 11) is 0. The van der Waals surface area contributed by atoms with Crippen LogP contribution in [0.15, 0.2) is 17.6 Å². The number of thiazole rings is 1. The molecule has 0 bridgehead atoms. The molecule has 3 aromatic heterocycles. The fourth-order valence-corrected chi connectivity index (χ4v) is 3.84. The minimum absolute atomic E-state index is 0.358. The molecule has 0 unspecified atom stereocenters. The molecule has 0 fully saturated rings. The van der Waals surface area contributed by atoms with Crippen molar-refractivity contribution in [2.24, 2.45) is 0 Å². The van der Waals surface area contributed by atoms with Gasteiger partial charge in [0.2, 0.25) is 0 Å². The van der Waals surface area contributed by atoms with Gasteiger partial charge >= 0.3 is 5.97 Å². The van der Waals surface area contributed by atoms with E-state index in [4.69, 9.17) is 5.11 Å². The molecule has 110 valence electrons. The Hall–Kier alpha value is -1.93. The van der Waals surface area contributed by atoms with Gasteiger partial charge in [0.1, 0.15) is 10.9 Å². The van der Waals surface area contributed by atoms with Crippen LogP contribution in [0.2, 0.25) is 0 Å². The molecule has 0 aliphatic carbocycles. The van der Waals surface area contributed by atoms with Gasteiger partial charge in [0.25, 0.3) is 5.91 Å². The van der Waals surface area contributed by atoms with Gasteiger partial charge in [-0.3, -0.25) is 9.20 Å². The molecule has 1 atom stereocenters. The molecule has 2 N–H and O–H groups in total. The van der Waals surface area contributed by atoms with E-state index >= 15 is 0 Å². The number of aliphatic carboxylic acids is 1. The number of aromatic nitrogens is 2. The zero-order valence-electron chi connectivity index (χ0n) is 11.2. The van der Waals surface area contributed by atoms with Crippen LogP contribution in [0, 0.1) is 0 Å². The van der Waals surface area contributed by atoms with Crippen molar-refractivity contribution in [1.82, 2.24) is 14.7 Å². The number of carboxylic acids is 1. The Balaban J connectivity index is 1.86. The highest BCUT2D eigenvalue weighted by Crippen LogP contribution is 2.28. The first kappa shape index (κ1) is 14.0. The van der Waals surface area contributed by atoms with Crippen LogP contribution in [0.5, 0.6) is 0 Å². The number of fused-ring (bicyclic) bond motifs is 3. The SMILES string of the molecule is CCC[C@@H](NC(=O)c1cc2c(nc3sccn32)s1)C(=O)O. The average Bonchev–Trinajstić information content (AvgIpc) is 3.08. The van der Waals surface area contributed by atoms with Crippen molar-refractivity contribution in [3.05, 3.63) is 22.5 Å². The van der Waals surface area contributed by atoms with Crippen LogP contribution in [0.4, 0.5) is 0 Å². The van der Waals surface area contributed by atoms with Gasteiger partial charge < -0.3 is 10.4 Å². The summed E-state index contributed by atoms with van der Waals surface area (Å²) in [5.41, 5.74) is 0.878. The van der Waals surface area contributed by atoms with E-state index in [1.54, 1.807) is 6.07 Å². The molecule has 3 heterocycles. The monoisotopic (exact) mass is 323 g/mol. The van der Waals surface area contributed by atoms with E-state index in [1.807, 2.05) is 22.9 Å². The Morgan fingerprint density at radius 3 is 3.05 bits per heavy atom. The molecule has 8 heteroatoms. The maximum atomic E-state index is 12.2. The molecule has 0 saturated heterocycles. The Labute approximate surface area is 128 Å². The lowest BCUT2D eigenvalue weighted by molar-refractivity contribution is -0.139. The number of amides is 1. The Bertz CT molecular complexity index is 817. The predicted octanol–water partition coefficient (Wildman–Crippen LogP) is 2.59. The molecule has 1 amide bonds. The number of nitrogens with one attached hydrogen (secondary N) is 1. The van der Waals surface area contributed by atoms with Gasteiger partial charge in [0.05, 0.1) is 10.4 Å².